The predicted octanol–water partition coefficient (Wildman–Crippen LogP) is 1.17. The molecular formula is C14H20N2O3. The Bertz CT molecular complexity index is 436. The Balaban J connectivity index is 2.04. The van der Waals surface area contributed by atoms with Crippen molar-refractivity contribution in [3.05, 3.63) is 24.3 Å². The van der Waals surface area contributed by atoms with Gasteiger partial charge in [0.2, 0.25) is 5.91 Å². The van der Waals surface area contributed by atoms with Gasteiger partial charge in [0.25, 0.3) is 0 Å². The summed E-state index contributed by atoms with van der Waals surface area (Å²) in [6.07, 6.45) is 1.42. The molecule has 2 rings (SSSR count). The van der Waals surface area contributed by atoms with Crippen LogP contribution in [0.1, 0.15) is 12.8 Å². The second kappa shape index (κ2) is 6.54. The molecule has 1 aromatic rings. The number of benzene rings is 1. The summed E-state index contributed by atoms with van der Waals surface area (Å²) in [5.74, 6) is 0.693. The molecule has 5 nitrogen and oxygen atoms in total. The van der Waals surface area contributed by atoms with Gasteiger partial charge in [0.1, 0.15) is 12.4 Å². The predicted molar refractivity (Wildman–Crippen MR) is 73.4 cm³/mol. The number of anilines is 1. The summed E-state index contributed by atoms with van der Waals surface area (Å²) in [6, 6.07) is 7.05. The maximum Gasteiger partial charge on any atom is 0.244 e. The third-order valence-electron chi connectivity index (χ3n) is 3.18. The Labute approximate surface area is 113 Å². The summed E-state index contributed by atoms with van der Waals surface area (Å²) in [6.45, 7) is 1.68. The lowest BCUT2D eigenvalue weighted by atomic mass is 10.1. The number of amides is 1. The van der Waals surface area contributed by atoms with Crippen molar-refractivity contribution in [2.24, 2.45) is 5.73 Å². The monoisotopic (exact) mass is 264 g/mol. The third kappa shape index (κ3) is 3.24. The van der Waals surface area contributed by atoms with Crippen molar-refractivity contribution in [2.45, 2.75) is 18.9 Å². The van der Waals surface area contributed by atoms with E-state index in [1.54, 1.807) is 12.0 Å². The van der Waals surface area contributed by atoms with Crippen molar-refractivity contribution >= 4 is 11.6 Å². The van der Waals surface area contributed by atoms with Crippen LogP contribution in [-0.2, 0) is 9.53 Å². The van der Waals surface area contributed by atoms with E-state index < -0.39 is 6.04 Å². The molecule has 1 amide bonds. The van der Waals surface area contributed by atoms with Crippen LogP contribution >= 0.6 is 0 Å². The molecule has 1 aliphatic heterocycles. The largest absolute Gasteiger partial charge is 0.490 e. The van der Waals surface area contributed by atoms with E-state index in [0.29, 0.717) is 26.2 Å². The van der Waals surface area contributed by atoms with Crippen LogP contribution in [0.25, 0.3) is 0 Å². The lowest BCUT2D eigenvalue weighted by Gasteiger charge is -2.31. The van der Waals surface area contributed by atoms with Gasteiger partial charge in [-0.1, -0.05) is 12.1 Å². The average Bonchev–Trinajstić information content (AvgIpc) is 2.46. The second-order valence-corrected chi connectivity index (χ2v) is 4.55. The van der Waals surface area contributed by atoms with Gasteiger partial charge in [0, 0.05) is 13.7 Å². The van der Waals surface area contributed by atoms with Gasteiger partial charge in [0.15, 0.2) is 0 Å². The number of rotatable bonds is 5. The molecule has 1 aromatic carbocycles. The molecule has 0 aromatic heterocycles. The Morgan fingerprint density at radius 1 is 1.53 bits per heavy atom. The Kier molecular flexibility index (Phi) is 4.76. The molecule has 0 spiro atoms. The van der Waals surface area contributed by atoms with Gasteiger partial charge in [0.05, 0.1) is 18.3 Å². The molecule has 0 aliphatic carbocycles. The maximum absolute atomic E-state index is 12.4. The molecule has 1 aliphatic rings. The number of nitrogens with two attached hydrogens (primary N) is 1. The summed E-state index contributed by atoms with van der Waals surface area (Å²) < 4.78 is 10.5. The van der Waals surface area contributed by atoms with Crippen LogP contribution in [0.3, 0.4) is 0 Å². The van der Waals surface area contributed by atoms with E-state index in [9.17, 15) is 4.79 Å². The van der Waals surface area contributed by atoms with Gasteiger partial charge in [-0.05, 0) is 25.0 Å². The average molecular weight is 264 g/mol. The van der Waals surface area contributed by atoms with E-state index in [1.807, 2.05) is 24.3 Å². The minimum Gasteiger partial charge on any atom is -0.490 e. The summed E-state index contributed by atoms with van der Waals surface area (Å²) in [4.78, 5) is 14.1. The highest BCUT2D eigenvalue weighted by molar-refractivity contribution is 5.98. The molecule has 0 saturated carbocycles. The first-order chi connectivity index (χ1) is 9.24. The van der Waals surface area contributed by atoms with Crippen LogP contribution in [0.2, 0.25) is 0 Å². The normalized spacial score (nSPS) is 15.6. The first-order valence-corrected chi connectivity index (χ1v) is 6.51. The SMILES string of the molecule is COCCCC(N)C(=O)N1CCOc2ccccc21. The number of para-hydroxylation sites is 2. The van der Waals surface area contributed by atoms with Gasteiger partial charge in [-0.25, -0.2) is 0 Å². The number of hydrogen-bond donors (Lipinski definition) is 1. The third-order valence-corrected chi connectivity index (χ3v) is 3.18. The number of carbonyl (C=O) groups excluding carboxylic acids is 1. The molecular weight excluding hydrogens is 244 g/mol. The fourth-order valence-corrected chi connectivity index (χ4v) is 2.17. The Morgan fingerprint density at radius 2 is 2.32 bits per heavy atom. The first kappa shape index (κ1) is 13.8. The van der Waals surface area contributed by atoms with Crippen molar-refractivity contribution < 1.29 is 14.3 Å². The van der Waals surface area contributed by atoms with E-state index in [2.05, 4.69) is 0 Å². The van der Waals surface area contributed by atoms with Gasteiger partial charge < -0.3 is 20.1 Å². The van der Waals surface area contributed by atoms with Crippen LogP contribution in [0.4, 0.5) is 5.69 Å². The number of methoxy groups -OCH3 is 1. The van der Waals surface area contributed by atoms with Crippen LogP contribution in [0, 0.1) is 0 Å². The molecule has 1 atom stereocenters. The smallest absolute Gasteiger partial charge is 0.244 e. The number of carbonyl (C=O) groups is 1. The first-order valence-electron chi connectivity index (χ1n) is 6.51. The van der Waals surface area contributed by atoms with Gasteiger partial charge >= 0.3 is 0 Å². The summed E-state index contributed by atoms with van der Waals surface area (Å²) in [5, 5.41) is 0. The molecule has 104 valence electrons. The van der Waals surface area contributed by atoms with E-state index in [1.165, 1.54) is 0 Å². The molecule has 1 unspecified atom stereocenters. The zero-order chi connectivity index (χ0) is 13.7. The second-order valence-electron chi connectivity index (χ2n) is 4.55. The van der Waals surface area contributed by atoms with Gasteiger partial charge in [-0.15, -0.1) is 0 Å². The number of nitrogens with zero attached hydrogens (tertiary/aromatic N) is 1. The fourth-order valence-electron chi connectivity index (χ4n) is 2.17. The van der Waals surface area contributed by atoms with Crippen molar-refractivity contribution in [1.82, 2.24) is 0 Å². The standard InChI is InChI=1S/C14H20N2O3/c1-18-9-4-5-11(15)14(17)16-8-10-19-13-7-3-2-6-12(13)16/h2-3,6-7,11H,4-5,8-10,15H2,1H3. The number of hydrogen-bond acceptors (Lipinski definition) is 4. The molecule has 1 heterocycles. The summed E-state index contributed by atoms with van der Waals surface area (Å²) in [7, 11) is 1.64. The number of ether oxygens (including phenoxy) is 2. The van der Waals surface area contributed by atoms with Crippen LogP contribution in [0.5, 0.6) is 5.75 Å². The molecule has 5 heteroatoms. The van der Waals surface area contributed by atoms with E-state index in [0.717, 1.165) is 17.9 Å². The lowest BCUT2D eigenvalue weighted by Crippen LogP contribution is -2.47. The molecule has 2 N–H and O–H groups in total. The Morgan fingerprint density at radius 3 is 3.11 bits per heavy atom. The fraction of sp³-hybridized carbons (Fsp3) is 0.500. The topological polar surface area (TPSA) is 64.8 Å². The minimum atomic E-state index is -0.485. The summed E-state index contributed by atoms with van der Waals surface area (Å²) in [5.41, 5.74) is 6.76. The molecule has 0 saturated heterocycles. The van der Waals surface area contributed by atoms with E-state index >= 15 is 0 Å². The Hall–Kier alpha value is -1.59. The summed E-state index contributed by atoms with van der Waals surface area (Å²) >= 11 is 0. The highest BCUT2D eigenvalue weighted by atomic mass is 16.5. The number of fused-ring (bicyclic) bond motifs is 1. The molecule has 19 heavy (non-hydrogen) atoms. The zero-order valence-electron chi connectivity index (χ0n) is 11.2. The van der Waals surface area contributed by atoms with Crippen LogP contribution in [0.15, 0.2) is 24.3 Å². The van der Waals surface area contributed by atoms with E-state index in [-0.39, 0.29) is 5.91 Å². The lowest BCUT2D eigenvalue weighted by molar-refractivity contribution is -0.120. The highest BCUT2D eigenvalue weighted by Gasteiger charge is 2.26. The van der Waals surface area contributed by atoms with Gasteiger partial charge in [-0.2, -0.15) is 0 Å². The molecule has 0 fully saturated rings. The highest BCUT2D eigenvalue weighted by Crippen LogP contribution is 2.31. The van der Waals surface area contributed by atoms with Crippen molar-refractivity contribution in [2.75, 3.05) is 31.8 Å². The molecule has 0 radical (unpaired) electrons. The van der Waals surface area contributed by atoms with Crippen LogP contribution < -0.4 is 15.4 Å². The van der Waals surface area contributed by atoms with Crippen molar-refractivity contribution in [1.29, 1.82) is 0 Å². The van der Waals surface area contributed by atoms with Crippen molar-refractivity contribution in [3.8, 4) is 5.75 Å². The maximum atomic E-state index is 12.4. The minimum absolute atomic E-state index is 0.0492. The van der Waals surface area contributed by atoms with E-state index in [4.69, 9.17) is 15.2 Å². The molecule has 0 bridgehead atoms. The quantitative estimate of drug-likeness (QED) is 0.811. The zero-order valence-corrected chi connectivity index (χ0v) is 11.2. The van der Waals surface area contributed by atoms with Crippen molar-refractivity contribution in [3.63, 3.8) is 0 Å². The van der Waals surface area contributed by atoms with Crippen LogP contribution in [-0.4, -0.2) is 38.8 Å². The van der Waals surface area contributed by atoms with Gasteiger partial charge in [-0.3, -0.25) is 4.79 Å².